The third kappa shape index (κ3) is 2.70. The van der Waals surface area contributed by atoms with Crippen LogP contribution in [-0.4, -0.2) is 22.4 Å². The molecule has 0 aliphatic heterocycles. The number of benzene rings is 1. The highest BCUT2D eigenvalue weighted by Crippen LogP contribution is 2.23. The molecule has 0 radical (unpaired) electrons. The highest BCUT2D eigenvalue weighted by atomic mass is 16.5. The summed E-state index contributed by atoms with van der Waals surface area (Å²) in [5.41, 5.74) is 11.5. The minimum atomic E-state index is -0.187. The second-order valence-electron chi connectivity index (χ2n) is 3.59. The molecule has 1 aromatic heterocycles. The Bertz CT molecular complexity index is 694. The molecular weight excluding hydrogens is 260 g/mol. The second kappa shape index (κ2) is 5.49. The first-order chi connectivity index (χ1) is 9.63. The maximum atomic E-state index is 8.87. The number of anilines is 1. The van der Waals surface area contributed by atoms with Gasteiger partial charge in [-0.15, -0.1) is 0 Å². The zero-order chi connectivity index (χ0) is 14.5. The van der Waals surface area contributed by atoms with Gasteiger partial charge >= 0.3 is 6.01 Å². The Morgan fingerprint density at radius 3 is 2.95 bits per heavy atom. The van der Waals surface area contributed by atoms with Crippen LogP contribution in [0.3, 0.4) is 0 Å². The summed E-state index contributed by atoms with van der Waals surface area (Å²) in [4.78, 5) is 8.70. The molecule has 0 unspecified atom stereocenters. The number of rotatable bonds is 4. The van der Waals surface area contributed by atoms with Crippen molar-refractivity contribution in [2.75, 3.05) is 4.90 Å². The van der Waals surface area contributed by atoms with Crippen molar-refractivity contribution in [3.8, 4) is 17.6 Å². The Kier molecular flexibility index (Phi) is 3.58. The molecule has 0 bridgehead atoms. The highest BCUT2D eigenvalue weighted by Gasteiger charge is 2.10. The molecule has 100 valence electrons. The molecule has 0 atom stereocenters. The van der Waals surface area contributed by atoms with Crippen LogP contribution in [0.2, 0.25) is 0 Å². The number of guanidine groups is 1. The fourth-order valence-electron chi connectivity index (χ4n) is 1.44. The van der Waals surface area contributed by atoms with E-state index in [9.17, 15) is 0 Å². The van der Waals surface area contributed by atoms with Gasteiger partial charge in [-0.1, -0.05) is 17.3 Å². The molecular formula is C11H10N8O. The first kappa shape index (κ1) is 13.0. The van der Waals surface area contributed by atoms with Crippen LogP contribution in [-0.2, 0) is 0 Å². The molecule has 2 aromatic rings. The minimum Gasteiger partial charge on any atom is -0.370 e. The lowest BCUT2D eigenvalue weighted by molar-refractivity contribution is 0.430. The van der Waals surface area contributed by atoms with E-state index in [1.165, 1.54) is 0 Å². The van der Waals surface area contributed by atoms with E-state index in [0.717, 1.165) is 11.2 Å². The smallest absolute Gasteiger partial charge is 0.351 e. The summed E-state index contributed by atoms with van der Waals surface area (Å²) < 4.78 is 4.85. The van der Waals surface area contributed by atoms with E-state index in [2.05, 4.69) is 15.1 Å². The van der Waals surface area contributed by atoms with Crippen molar-refractivity contribution in [1.29, 1.82) is 10.7 Å². The van der Waals surface area contributed by atoms with Gasteiger partial charge in [0.05, 0.1) is 5.69 Å². The maximum absolute atomic E-state index is 8.87. The van der Waals surface area contributed by atoms with Crippen LogP contribution in [0, 0.1) is 16.9 Å². The van der Waals surface area contributed by atoms with Crippen LogP contribution in [0.25, 0.3) is 11.4 Å². The summed E-state index contributed by atoms with van der Waals surface area (Å²) in [6.07, 6.45) is 2.75. The molecule has 9 nitrogen and oxygen atoms in total. The van der Waals surface area contributed by atoms with Crippen molar-refractivity contribution in [1.82, 2.24) is 10.1 Å². The third-order valence-corrected chi connectivity index (χ3v) is 2.26. The van der Waals surface area contributed by atoms with Gasteiger partial charge in [0.25, 0.3) is 0 Å². The third-order valence-electron chi connectivity index (χ3n) is 2.26. The topological polar surface area (TPSA) is 154 Å². The molecule has 20 heavy (non-hydrogen) atoms. The van der Waals surface area contributed by atoms with Gasteiger partial charge in [0, 0.05) is 5.56 Å². The molecule has 5 N–H and O–H groups in total. The van der Waals surface area contributed by atoms with Crippen molar-refractivity contribution in [2.24, 2.45) is 16.5 Å². The van der Waals surface area contributed by atoms with E-state index in [1.54, 1.807) is 24.3 Å². The van der Waals surface area contributed by atoms with Gasteiger partial charge in [0.1, 0.15) is 6.34 Å². The van der Waals surface area contributed by atoms with Crippen LogP contribution >= 0.6 is 0 Å². The van der Waals surface area contributed by atoms with Crippen LogP contribution < -0.4 is 16.4 Å². The molecule has 0 amide bonds. The summed E-state index contributed by atoms with van der Waals surface area (Å²) in [7, 11) is 0. The van der Waals surface area contributed by atoms with E-state index >= 15 is 0 Å². The van der Waals surface area contributed by atoms with Crippen LogP contribution in [0.1, 0.15) is 0 Å². The van der Waals surface area contributed by atoms with E-state index in [0.29, 0.717) is 11.3 Å². The van der Waals surface area contributed by atoms with Gasteiger partial charge < -0.3 is 16.0 Å². The maximum Gasteiger partial charge on any atom is 0.351 e. The average Bonchev–Trinajstić information content (AvgIpc) is 2.88. The zero-order valence-electron chi connectivity index (χ0n) is 10.2. The number of nitriles is 1. The lowest BCUT2D eigenvalue weighted by atomic mass is 10.2. The van der Waals surface area contributed by atoms with Crippen LogP contribution in [0.4, 0.5) is 11.7 Å². The molecule has 0 aliphatic carbocycles. The molecule has 0 saturated carbocycles. The number of hydrogen-bond donors (Lipinski definition) is 3. The van der Waals surface area contributed by atoms with Crippen molar-refractivity contribution in [3.05, 3.63) is 24.3 Å². The Morgan fingerprint density at radius 2 is 2.30 bits per heavy atom. The summed E-state index contributed by atoms with van der Waals surface area (Å²) >= 11 is 0. The van der Waals surface area contributed by atoms with Crippen molar-refractivity contribution in [3.63, 3.8) is 0 Å². The van der Waals surface area contributed by atoms with E-state index in [-0.39, 0.29) is 17.8 Å². The summed E-state index contributed by atoms with van der Waals surface area (Å²) in [6.45, 7) is 0. The fourth-order valence-corrected chi connectivity index (χ4v) is 1.44. The van der Waals surface area contributed by atoms with Crippen molar-refractivity contribution < 1.29 is 4.52 Å². The standard InChI is InChI=1S/C11H10N8O/c12-5-19(6-13)8-3-1-2-7(4-8)9-16-11(20-18-9)17-10(14)15/h1-5,12H,(H4,14,15,16,17,18). The summed E-state index contributed by atoms with van der Waals surface area (Å²) in [5, 5.41) is 19.7. The van der Waals surface area contributed by atoms with Crippen molar-refractivity contribution >= 4 is 24.0 Å². The van der Waals surface area contributed by atoms with Gasteiger partial charge in [-0.2, -0.15) is 15.2 Å². The van der Waals surface area contributed by atoms with Gasteiger partial charge in [-0.25, -0.2) is 4.90 Å². The van der Waals surface area contributed by atoms with E-state index in [4.69, 9.17) is 26.7 Å². The Labute approximate surface area is 113 Å². The number of aromatic nitrogens is 2. The summed E-state index contributed by atoms with van der Waals surface area (Å²) in [6, 6.07) is 6.68. The van der Waals surface area contributed by atoms with Gasteiger partial charge in [0.15, 0.2) is 12.2 Å². The predicted octanol–water partition coefficient (Wildman–Crippen LogP) is 0.536. The quantitative estimate of drug-likeness (QED) is 0.317. The first-order valence-corrected chi connectivity index (χ1v) is 5.37. The van der Waals surface area contributed by atoms with Gasteiger partial charge in [0.2, 0.25) is 5.82 Å². The monoisotopic (exact) mass is 270 g/mol. The lowest BCUT2D eigenvalue weighted by Gasteiger charge is -2.08. The molecule has 0 fully saturated rings. The normalized spacial score (nSPS) is 9.55. The SMILES string of the molecule is N#CN(C=N)c1cccc(-c2noc(N=C(N)N)n2)c1. The van der Waals surface area contributed by atoms with Crippen LogP contribution in [0.5, 0.6) is 0 Å². The number of nitrogens with two attached hydrogens (primary N) is 2. The number of aliphatic imine (C=N–C) groups is 1. The van der Waals surface area contributed by atoms with Gasteiger partial charge in [-0.3, -0.25) is 5.41 Å². The first-order valence-electron chi connectivity index (χ1n) is 5.37. The fraction of sp³-hybridized carbons (Fsp3) is 0. The molecule has 0 saturated heterocycles. The minimum absolute atomic E-state index is 0.0606. The predicted molar refractivity (Wildman–Crippen MR) is 72.1 cm³/mol. The Balaban J connectivity index is 2.36. The van der Waals surface area contributed by atoms with Crippen molar-refractivity contribution in [2.45, 2.75) is 0 Å². The molecule has 0 aliphatic rings. The molecule has 2 rings (SSSR count). The zero-order valence-corrected chi connectivity index (χ0v) is 10.2. The highest BCUT2D eigenvalue weighted by molar-refractivity contribution is 5.82. The largest absolute Gasteiger partial charge is 0.370 e. The van der Waals surface area contributed by atoms with E-state index in [1.807, 2.05) is 6.19 Å². The molecule has 0 spiro atoms. The number of nitrogens with one attached hydrogen (secondary N) is 1. The molecule has 1 heterocycles. The number of hydrogen-bond acceptors (Lipinski definition) is 6. The summed E-state index contributed by atoms with van der Waals surface area (Å²) in [5.74, 6) is 0.0862. The Morgan fingerprint density at radius 1 is 1.50 bits per heavy atom. The molecule has 1 aromatic carbocycles. The van der Waals surface area contributed by atoms with Crippen LogP contribution in [0.15, 0.2) is 33.8 Å². The van der Waals surface area contributed by atoms with Gasteiger partial charge in [-0.05, 0) is 12.1 Å². The lowest BCUT2D eigenvalue weighted by Crippen LogP contribution is -2.21. The number of nitrogens with zero attached hydrogens (tertiary/aromatic N) is 5. The Hall–Kier alpha value is -3.41. The second-order valence-corrected chi connectivity index (χ2v) is 3.59. The molecule has 9 heteroatoms. The van der Waals surface area contributed by atoms with E-state index < -0.39 is 0 Å². The average molecular weight is 270 g/mol.